The van der Waals surface area contributed by atoms with Crippen molar-refractivity contribution in [2.45, 2.75) is 19.9 Å². The first-order chi connectivity index (χ1) is 13.6. The van der Waals surface area contributed by atoms with Crippen molar-refractivity contribution in [1.29, 1.82) is 5.26 Å². The molecule has 3 aromatic rings. The number of rotatable bonds is 3. The van der Waals surface area contributed by atoms with Gasteiger partial charge in [0, 0.05) is 17.0 Å². The molecule has 1 aromatic carbocycles. The van der Waals surface area contributed by atoms with E-state index in [1.54, 1.807) is 29.5 Å². The number of ether oxygens (including phenoxy) is 1. The molecule has 0 spiro atoms. The third-order valence-corrected chi connectivity index (χ3v) is 6.44. The maximum absolute atomic E-state index is 12.7. The van der Waals surface area contributed by atoms with E-state index in [0.717, 1.165) is 20.7 Å². The normalized spacial score (nSPS) is 13.1. The summed E-state index contributed by atoms with van der Waals surface area (Å²) in [6, 6.07) is 7.53. The van der Waals surface area contributed by atoms with Gasteiger partial charge in [0.05, 0.1) is 34.4 Å². The van der Waals surface area contributed by atoms with E-state index in [0.29, 0.717) is 42.2 Å². The van der Waals surface area contributed by atoms with E-state index in [-0.39, 0.29) is 12.0 Å². The Kier molecular flexibility index (Phi) is 4.98. The summed E-state index contributed by atoms with van der Waals surface area (Å²) in [5, 5.41) is 13.0. The molecule has 1 N–H and O–H groups in total. The molecule has 2 aromatic heterocycles. The molecule has 0 aliphatic carbocycles. The van der Waals surface area contributed by atoms with Crippen molar-refractivity contribution in [3.8, 4) is 6.07 Å². The largest absolute Gasteiger partial charge is 0.450 e. The van der Waals surface area contributed by atoms with Gasteiger partial charge in [0.25, 0.3) is 5.91 Å². The Bertz CT molecular complexity index is 1110. The maximum atomic E-state index is 12.7. The van der Waals surface area contributed by atoms with Crippen LogP contribution in [0.3, 0.4) is 0 Å². The lowest BCUT2D eigenvalue weighted by atomic mass is 10.0. The molecule has 0 unspecified atom stereocenters. The quantitative estimate of drug-likeness (QED) is 0.702. The SMILES string of the molecule is CCOC(=O)N1CCc2c(sc(NC(=O)c3ccc4ncsc4c3)c2C#N)C1. The number of hydrogen-bond donors (Lipinski definition) is 1. The number of nitriles is 1. The summed E-state index contributed by atoms with van der Waals surface area (Å²) in [6.45, 7) is 2.97. The van der Waals surface area contributed by atoms with E-state index in [4.69, 9.17) is 4.74 Å². The number of nitrogens with one attached hydrogen (secondary N) is 1. The van der Waals surface area contributed by atoms with Crippen LogP contribution in [-0.2, 0) is 17.7 Å². The van der Waals surface area contributed by atoms with Crippen molar-refractivity contribution in [3.63, 3.8) is 0 Å². The van der Waals surface area contributed by atoms with E-state index in [9.17, 15) is 14.9 Å². The fourth-order valence-corrected chi connectivity index (χ4v) is 5.08. The Labute approximate surface area is 169 Å². The summed E-state index contributed by atoms with van der Waals surface area (Å²) >= 11 is 2.81. The van der Waals surface area contributed by atoms with Crippen LogP contribution in [0, 0.1) is 11.3 Å². The standard InChI is InChI=1S/C19H16N4O3S2/c1-2-26-19(25)23-6-5-12-13(8-20)18(28-16(12)9-23)22-17(24)11-3-4-14-15(7-11)27-10-21-14/h3-4,7,10H,2,5-6,9H2,1H3,(H,22,24). The minimum Gasteiger partial charge on any atom is -0.450 e. The lowest BCUT2D eigenvalue weighted by Gasteiger charge is -2.25. The highest BCUT2D eigenvalue weighted by molar-refractivity contribution is 7.17. The Morgan fingerprint density at radius 1 is 1.43 bits per heavy atom. The molecular weight excluding hydrogens is 396 g/mol. The highest BCUT2D eigenvalue weighted by Crippen LogP contribution is 2.37. The maximum Gasteiger partial charge on any atom is 0.410 e. The van der Waals surface area contributed by atoms with Crippen LogP contribution in [0.5, 0.6) is 0 Å². The number of nitrogens with zero attached hydrogens (tertiary/aromatic N) is 3. The Morgan fingerprint density at radius 2 is 2.29 bits per heavy atom. The van der Waals surface area contributed by atoms with Gasteiger partial charge in [-0.25, -0.2) is 9.78 Å². The topological polar surface area (TPSA) is 95.3 Å². The monoisotopic (exact) mass is 412 g/mol. The van der Waals surface area contributed by atoms with Gasteiger partial charge < -0.3 is 15.0 Å². The number of benzene rings is 1. The molecule has 142 valence electrons. The van der Waals surface area contributed by atoms with Crippen molar-refractivity contribution < 1.29 is 14.3 Å². The molecule has 0 radical (unpaired) electrons. The fraction of sp³-hybridized carbons (Fsp3) is 0.263. The second-order valence-corrected chi connectivity index (χ2v) is 8.17. The van der Waals surface area contributed by atoms with Gasteiger partial charge in [-0.05, 0) is 37.1 Å². The van der Waals surface area contributed by atoms with Crippen LogP contribution < -0.4 is 5.32 Å². The van der Waals surface area contributed by atoms with Crippen LogP contribution in [0.15, 0.2) is 23.7 Å². The number of aromatic nitrogens is 1. The molecule has 1 aliphatic heterocycles. The fourth-order valence-electron chi connectivity index (χ4n) is 3.15. The van der Waals surface area contributed by atoms with Crippen LogP contribution in [0.4, 0.5) is 9.80 Å². The first-order valence-electron chi connectivity index (χ1n) is 8.71. The third-order valence-electron chi connectivity index (χ3n) is 4.52. The Balaban J connectivity index is 1.58. The number of hydrogen-bond acceptors (Lipinski definition) is 7. The zero-order valence-corrected chi connectivity index (χ0v) is 16.7. The van der Waals surface area contributed by atoms with Crippen molar-refractivity contribution in [3.05, 3.63) is 45.3 Å². The average Bonchev–Trinajstić information content (AvgIpc) is 3.30. The molecule has 0 bridgehead atoms. The zero-order valence-electron chi connectivity index (χ0n) is 15.0. The summed E-state index contributed by atoms with van der Waals surface area (Å²) in [7, 11) is 0. The van der Waals surface area contributed by atoms with Gasteiger partial charge in [0.1, 0.15) is 11.1 Å². The summed E-state index contributed by atoms with van der Waals surface area (Å²) in [5.74, 6) is -0.271. The van der Waals surface area contributed by atoms with Crippen molar-refractivity contribution in [1.82, 2.24) is 9.88 Å². The zero-order chi connectivity index (χ0) is 19.7. The van der Waals surface area contributed by atoms with E-state index in [1.165, 1.54) is 22.7 Å². The Hall–Kier alpha value is -2.96. The smallest absolute Gasteiger partial charge is 0.410 e. The molecule has 2 amide bonds. The summed E-state index contributed by atoms with van der Waals surface area (Å²) in [6.07, 6.45) is 0.208. The summed E-state index contributed by atoms with van der Waals surface area (Å²) < 4.78 is 6.00. The number of anilines is 1. The van der Waals surface area contributed by atoms with Crippen LogP contribution in [0.1, 0.15) is 33.3 Å². The molecule has 3 heterocycles. The van der Waals surface area contributed by atoms with Crippen molar-refractivity contribution in [2.24, 2.45) is 0 Å². The van der Waals surface area contributed by atoms with Gasteiger partial charge >= 0.3 is 6.09 Å². The average molecular weight is 412 g/mol. The molecule has 1 aliphatic rings. The van der Waals surface area contributed by atoms with E-state index in [2.05, 4.69) is 16.4 Å². The number of thiophene rings is 1. The van der Waals surface area contributed by atoms with Gasteiger partial charge in [0.15, 0.2) is 0 Å². The molecule has 28 heavy (non-hydrogen) atoms. The lowest BCUT2D eigenvalue weighted by Crippen LogP contribution is -2.35. The summed E-state index contributed by atoms with van der Waals surface area (Å²) in [5.41, 5.74) is 4.49. The third kappa shape index (κ3) is 3.32. The minimum atomic E-state index is -0.358. The molecule has 7 nitrogen and oxygen atoms in total. The molecule has 0 fully saturated rings. The number of amides is 2. The highest BCUT2D eigenvalue weighted by Gasteiger charge is 2.28. The first-order valence-corrected chi connectivity index (χ1v) is 10.4. The predicted octanol–water partition coefficient (Wildman–Crippen LogP) is 4.00. The van der Waals surface area contributed by atoms with Crippen molar-refractivity contribution in [2.75, 3.05) is 18.5 Å². The van der Waals surface area contributed by atoms with Crippen LogP contribution >= 0.6 is 22.7 Å². The molecular formula is C19H16N4O3S2. The number of thiazole rings is 1. The number of carbonyl (C=O) groups is 2. The first kappa shape index (κ1) is 18.4. The van der Waals surface area contributed by atoms with Crippen LogP contribution in [0.25, 0.3) is 10.2 Å². The Morgan fingerprint density at radius 3 is 3.07 bits per heavy atom. The number of carbonyl (C=O) groups excluding carboxylic acids is 2. The second kappa shape index (κ2) is 7.58. The lowest BCUT2D eigenvalue weighted by molar-refractivity contribution is 0.102. The number of fused-ring (bicyclic) bond motifs is 2. The molecule has 9 heteroatoms. The molecule has 4 rings (SSSR count). The molecule has 0 saturated carbocycles. The van der Waals surface area contributed by atoms with E-state index in [1.807, 2.05) is 6.07 Å². The van der Waals surface area contributed by atoms with Gasteiger partial charge in [-0.2, -0.15) is 5.26 Å². The van der Waals surface area contributed by atoms with E-state index >= 15 is 0 Å². The van der Waals surface area contributed by atoms with Crippen LogP contribution in [0.2, 0.25) is 0 Å². The van der Waals surface area contributed by atoms with Crippen molar-refractivity contribution >= 4 is 49.9 Å². The highest BCUT2D eigenvalue weighted by atomic mass is 32.1. The molecule has 0 atom stereocenters. The molecule has 0 saturated heterocycles. The van der Waals surface area contributed by atoms with E-state index < -0.39 is 0 Å². The van der Waals surface area contributed by atoms with Crippen LogP contribution in [-0.4, -0.2) is 35.0 Å². The van der Waals surface area contributed by atoms with Gasteiger partial charge in [-0.15, -0.1) is 22.7 Å². The van der Waals surface area contributed by atoms with Gasteiger partial charge in [-0.3, -0.25) is 4.79 Å². The van der Waals surface area contributed by atoms with Gasteiger partial charge in [-0.1, -0.05) is 0 Å². The van der Waals surface area contributed by atoms with Gasteiger partial charge in [0.2, 0.25) is 0 Å². The second-order valence-electron chi connectivity index (χ2n) is 6.18. The summed E-state index contributed by atoms with van der Waals surface area (Å²) in [4.78, 5) is 31.4. The predicted molar refractivity (Wildman–Crippen MR) is 108 cm³/mol. The minimum absolute atomic E-state index is 0.271.